The highest BCUT2D eigenvalue weighted by Gasteiger charge is 2.25. The molecule has 0 aromatic heterocycles. The van der Waals surface area contributed by atoms with E-state index in [-0.39, 0.29) is 6.54 Å². The van der Waals surface area contributed by atoms with Gasteiger partial charge in [0.15, 0.2) is 5.96 Å². The number of guanidine groups is 1. The monoisotopic (exact) mass is 474 g/mol. The summed E-state index contributed by atoms with van der Waals surface area (Å²) in [4.78, 5) is 44.9. The van der Waals surface area contributed by atoms with Crippen LogP contribution in [0.15, 0.2) is 29.3 Å². The second-order valence-electron chi connectivity index (χ2n) is 9.25. The first-order chi connectivity index (χ1) is 16.1. The Labute approximate surface area is 199 Å². The van der Waals surface area contributed by atoms with Crippen molar-refractivity contribution < 1.29 is 24.2 Å². The van der Waals surface area contributed by atoms with Gasteiger partial charge in [0, 0.05) is 57.1 Å². The number of alkyl carbamates (subject to hydrolysis) is 1. The van der Waals surface area contributed by atoms with Gasteiger partial charge in [-0.3, -0.25) is 9.79 Å². The van der Waals surface area contributed by atoms with E-state index in [0.29, 0.717) is 5.56 Å². The van der Waals surface area contributed by atoms with Crippen LogP contribution in [0.4, 0.5) is 10.5 Å². The summed E-state index contributed by atoms with van der Waals surface area (Å²) in [7, 11) is 0. The van der Waals surface area contributed by atoms with Crippen LogP contribution in [0, 0.1) is 0 Å². The van der Waals surface area contributed by atoms with Gasteiger partial charge in [0.2, 0.25) is 0 Å². The van der Waals surface area contributed by atoms with Crippen LogP contribution in [0.3, 0.4) is 0 Å². The lowest BCUT2D eigenvalue weighted by Gasteiger charge is -2.38. The van der Waals surface area contributed by atoms with Gasteiger partial charge >= 0.3 is 12.1 Å². The van der Waals surface area contributed by atoms with Crippen molar-refractivity contribution in [3.63, 3.8) is 0 Å². The average Bonchev–Trinajstić information content (AvgIpc) is 2.81. The molecule has 2 aliphatic heterocycles. The number of anilines is 1. The zero-order chi connectivity index (χ0) is 24.7. The van der Waals surface area contributed by atoms with Crippen molar-refractivity contribution in [2.45, 2.75) is 38.8 Å². The van der Waals surface area contributed by atoms with Crippen molar-refractivity contribution in [3.05, 3.63) is 29.8 Å². The second kappa shape index (κ2) is 11.1. The number of hydrogen-bond acceptors (Lipinski definition) is 8. The molecule has 11 heteroatoms. The average molecular weight is 475 g/mol. The summed E-state index contributed by atoms with van der Waals surface area (Å²) in [5.41, 5.74) is 0.667. The number of nitrogens with zero attached hydrogens (tertiary/aromatic N) is 3. The van der Waals surface area contributed by atoms with Crippen molar-refractivity contribution in [3.8, 4) is 0 Å². The Bertz CT molecular complexity index is 903. The molecule has 0 spiro atoms. The minimum absolute atomic E-state index is 0.269. The third-order valence-corrected chi connectivity index (χ3v) is 5.41. The zero-order valence-electron chi connectivity index (χ0n) is 20.0. The molecule has 3 rings (SSSR count). The van der Waals surface area contributed by atoms with Crippen molar-refractivity contribution in [1.82, 2.24) is 20.9 Å². The number of rotatable bonds is 6. The van der Waals surface area contributed by atoms with E-state index in [1.807, 2.05) is 12.1 Å². The van der Waals surface area contributed by atoms with Crippen LogP contribution in [0.25, 0.3) is 0 Å². The summed E-state index contributed by atoms with van der Waals surface area (Å²) in [6, 6.07) is 5.88. The molecule has 0 aliphatic carbocycles. The van der Waals surface area contributed by atoms with Crippen LogP contribution >= 0.6 is 0 Å². The van der Waals surface area contributed by atoms with Crippen LogP contribution in [0.1, 0.15) is 37.6 Å². The maximum Gasteiger partial charge on any atom is 0.408 e. The van der Waals surface area contributed by atoms with Gasteiger partial charge in [-0.1, -0.05) is 0 Å². The standard InChI is InChI=1S/C23H34N6O5/c1-23(2,3)34-22(33)27-18(20(31)32)15-26-19(30)16-5-7-17(8-6-16)28-11-13-29(14-12-28)21-24-9-4-10-25-21/h5-8,18H,4,9-15H2,1-3H3,(H,24,25)(H,26,30)(H,27,33)(H,31,32)/t18-/m0/s1. The van der Waals surface area contributed by atoms with Crippen LogP contribution < -0.4 is 20.9 Å². The molecule has 0 unspecified atom stereocenters. The van der Waals surface area contributed by atoms with Crippen LogP contribution in [0.5, 0.6) is 0 Å². The number of benzene rings is 1. The Morgan fingerprint density at radius 2 is 1.76 bits per heavy atom. The molecule has 1 aromatic rings. The predicted molar refractivity (Wildman–Crippen MR) is 128 cm³/mol. The largest absolute Gasteiger partial charge is 0.480 e. The number of hydrogen-bond donors (Lipinski definition) is 4. The smallest absolute Gasteiger partial charge is 0.408 e. The van der Waals surface area contributed by atoms with E-state index in [1.165, 1.54) is 0 Å². The molecule has 0 radical (unpaired) electrons. The lowest BCUT2D eigenvalue weighted by atomic mass is 10.1. The molecule has 4 N–H and O–H groups in total. The number of aliphatic imine (C=N–C) groups is 1. The second-order valence-corrected chi connectivity index (χ2v) is 9.25. The first-order valence-electron chi connectivity index (χ1n) is 11.5. The molecular weight excluding hydrogens is 440 g/mol. The first-order valence-corrected chi connectivity index (χ1v) is 11.5. The fourth-order valence-corrected chi connectivity index (χ4v) is 3.68. The van der Waals surface area contributed by atoms with Crippen molar-refractivity contribution in [2.75, 3.05) is 50.7 Å². The van der Waals surface area contributed by atoms with E-state index >= 15 is 0 Å². The number of carbonyl (C=O) groups is 3. The number of carboxylic acids is 1. The van der Waals surface area contributed by atoms with Gasteiger partial charge in [-0.2, -0.15) is 0 Å². The van der Waals surface area contributed by atoms with Gasteiger partial charge in [0.05, 0.1) is 0 Å². The van der Waals surface area contributed by atoms with Gasteiger partial charge in [0.1, 0.15) is 11.6 Å². The maximum atomic E-state index is 12.5. The number of nitrogens with one attached hydrogen (secondary N) is 3. The Morgan fingerprint density at radius 3 is 2.32 bits per heavy atom. The SMILES string of the molecule is CC(C)(C)OC(=O)N[C@@H](CNC(=O)c1ccc(N2CCN(C3=NCCCN3)CC2)cc1)C(=O)O. The fraction of sp³-hybridized carbons (Fsp3) is 0.565. The third kappa shape index (κ3) is 7.26. The summed E-state index contributed by atoms with van der Waals surface area (Å²) in [5, 5.41) is 17.5. The van der Waals surface area contributed by atoms with E-state index in [4.69, 9.17) is 4.74 Å². The van der Waals surface area contributed by atoms with E-state index in [2.05, 4.69) is 30.7 Å². The summed E-state index contributed by atoms with van der Waals surface area (Å²) in [6.07, 6.45) is 0.214. The number of piperazine rings is 1. The molecule has 2 heterocycles. The lowest BCUT2D eigenvalue weighted by molar-refractivity contribution is -0.139. The molecule has 186 valence electrons. The Hall–Kier alpha value is -3.50. The maximum absolute atomic E-state index is 12.5. The Kier molecular flexibility index (Phi) is 8.19. The highest BCUT2D eigenvalue weighted by molar-refractivity contribution is 5.95. The van der Waals surface area contributed by atoms with Gasteiger partial charge in [0.25, 0.3) is 5.91 Å². The molecule has 11 nitrogen and oxygen atoms in total. The number of carbonyl (C=O) groups excluding carboxylic acids is 2. The molecule has 1 saturated heterocycles. The molecular formula is C23H34N6O5. The van der Waals surface area contributed by atoms with Gasteiger partial charge in [-0.15, -0.1) is 0 Å². The molecule has 2 aliphatic rings. The summed E-state index contributed by atoms with van der Waals surface area (Å²) in [6.45, 7) is 10.0. The van der Waals surface area contributed by atoms with Crippen LogP contribution in [-0.2, 0) is 9.53 Å². The number of amides is 2. The summed E-state index contributed by atoms with van der Waals surface area (Å²) >= 11 is 0. The number of carboxylic acid groups (broad SMARTS) is 1. The Balaban J connectivity index is 1.49. The van der Waals surface area contributed by atoms with Crippen molar-refractivity contribution >= 4 is 29.6 Å². The predicted octanol–water partition coefficient (Wildman–Crippen LogP) is 0.866. The van der Waals surface area contributed by atoms with E-state index in [9.17, 15) is 19.5 Å². The fourth-order valence-electron chi connectivity index (χ4n) is 3.68. The molecule has 1 atom stereocenters. The summed E-state index contributed by atoms with van der Waals surface area (Å²) in [5.74, 6) is -0.705. The lowest BCUT2D eigenvalue weighted by Crippen LogP contribution is -2.53. The Morgan fingerprint density at radius 1 is 1.12 bits per heavy atom. The number of ether oxygens (including phenoxy) is 1. The third-order valence-electron chi connectivity index (χ3n) is 5.41. The van der Waals surface area contributed by atoms with E-state index in [1.54, 1.807) is 32.9 Å². The number of aliphatic carboxylic acids is 1. The van der Waals surface area contributed by atoms with Gasteiger partial charge in [-0.05, 0) is 51.5 Å². The molecule has 34 heavy (non-hydrogen) atoms. The molecule has 2 amide bonds. The highest BCUT2D eigenvalue weighted by atomic mass is 16.6. The molecule has 1 fully saturated rings. The van der Waals surface area contributed by atoms with Crippen LogP contribution in [0.2, 0.25) is 0 Å². The topological polar surface area (TPSA) is 136 Å². The zero-order valence-corrected chi connectivity index (χ0v) is 20.0. The highest BCUT2D eigenvalue weighted by Crippen LogP contribution is 2.18. The molecule has 0 saturated carbocycles. The molecule has 0 bridgehead atoms. The van der Waals surface area contributed by atoms with Gasteiger partial charge < -0.3 is 35.6 Å². The first kappa shape index (κ1) is 25.1. The van der Waals surface area contributed by atoms with E-state index in [0.717, 1.165) is 57.3 Å². The quantitative estimate of drug-likeness (QED) is 0.477. The minimum atomic E-state index is -1.31. The normalized spacial score (nSPS) is 17.2. The van der Waals surface area contributed by atoms with Crippen molar-refractivity contribution in [2.24, 2.45) is 4.99 Å². The molecule has 1 aromatic carbocycles. The van der Waals surface area contributed by atoms with Crippen LogP contribution in [-0.4, -0.2) is 91.4 Å². The summed E-state index contributed by atoms with van der Waals surface area (Å²) < 4.78 is 5.08. The minimum Gasteiger partial charge on any atom is -0.480 e. The van der Waals surface area contributed by atoms with E-state index < -0.39 is 29.6 Å². The van der Waals surface area contributed by atoms with Gasteiger partial charge in [-0.25, -0.2) is 9.59 Å². The van der Waals surface area contributed by atoms with Crippen molar-refractivity contribution in [1.29, 1.82) is 0 Å².